The quantitative estimate of drug-likeness (QED) is 0.282. The van der Waals surface area contributed by atoms with Gasteiger partial charge in [0.1, 0.15) is 0 Å². The Morgan fingerprint density at radius 1 is 0.939 bits per heavy atom. The minimum Gasteiger partial charge on any atom is -0.291 e. The molecular weight excluding hydrogens is 448 g/mol. The Bertz CT molecular complexity index is 1480. The number of benzene rings is 3. The Balaban J connectivity index is 1.49. The van der Waals surface area contributed by atoms with Gasteiger partial charge in [-0.15, -0.1) is 10.2 Å². The summed E-state index contributed by atoms with van der Waals surface area (Å²) in [6.07, 6.45) is 4.24. The van der Waals surface area contributed by atoms with Crippen molar-refractivity contribution in [3.8, 4) is 5.69 Å². The van der Waals surface area contributed by atoms with Crippen LogP contribution in [0.4, 0.5) is 0 Å². The Morgan fingerprint density at radius 3 is 2.55 bits per heavy atom. The fourth-order valence-corrected chi connectivity index (χ4v) is 5.39. The van der Waals surface area contributed by atoms with Gasteiger partial charge in [0.15, 0.2) is 11.0 Å². The molecule has 0 fully saturated rings. The molecule has 5 rings (SSSR count). The summed E-state index contributed by atoms with van der Waals surface area (Å²) >= 11 is 2.89. The van der Waals surface area contributed by atoms with Crippen LogP contribution in [-0.4, -0.2) is 25.1 Å². The summed E-state index contributed by atoms with van der Waals surface area (Å²) in [5.41, 5.74) is 4.25. The number of nitrogens with zero attached hydrogens (tertiary/aromatic N) is 4. The van der Waals surface area contributed by atoms with Crippen molar-refractivity contribution in [3.63, 3.8) is 0 Å². The first-order valence-electron chi connectivity index (χ1n) is 10.6. The van der Waals surface area contributed by atoms with Crippen LogP contribution in [0.1, 0.15) is 17.0 Å². The van der Waals surface area contributed by atoms with Crippen molar-refractivity contribution < 1.29 is 0 Å². The smallest absolute Gasteiger partial charge is 0.291 e. The molecule has 0 amide bonds. The summed E-state index contributed by atoms with van der Waals surface area (Å²) in [5, 5.41) is 9.81. The molecule has 2 heterocycles. The van der Waals surface area contributed by atoms with Gasteiger partial charge in [0.25, 0.3) is 0 Å². The van der Waals surface area contributed by atoms with Crippen molar-refractivity contribution in [2.45, 2.75) is 18.6 Å². The van der Waals surface area contributed by atoms with Crippen molar-refractivity contribution in [1.82, 2.24) is 19.3 Å². The van der Waals surface area contributed by atoms with Crippen LogP contribution in [0, 0.1) is 6.92 Å². The zero-order valence-electron chi connectivity index (χ0n) is 18.1. The van der Waals surface area contributed by atoms with Crippen LogP contribution in [0.3, 0.4) is 0 Å². The lowest BCUT2D eigenvalue weighted by molar-refractivity contribution is 0.724. The van der Waals surface area contributed by atoms with Gasteiger partial charge >= 0.3 is 4.87 Å². The van der Waals surface area contributed by atoms with Crippen LogP contribution in [0.2, 0.25) is 0 Å². The molecule has 0 bridgehead atoms. The van der Waals surface area contributed by atoms with Gasteiger partial charge in [-0.05, 0) is 36.2 Å². The maximum atomic E-state index is 12.7. The van der Waals surface area contributed by atoms with Crippen molar-refractivity contribution in [1.29, 1.82) is 0 Å². The predicted octanol–water partition coefficient (Wildman–Crippen LogP) is 5.81. The molecule has 0 unspecified atom stereocenters. The maximum absolute atomic E-state index is 12.7. The topological polar surface area (TPSA) is 52.7 Å². The van der Waals surface area contributed by atoms with Gasteiger partial charge in [-0.25, -0.2) is 0 Å². The normalized spacial score (nSPS) is 11.5. The molecule has 0 radical (unpaired) electrons. The van der Waals surface area contributed by atoms with E-state index in [1.807, 2.05) is 54.6 Å². The summed E-state index contributed by atoms with van der Waals surface area (Å²) < 4.78 is 4.84. The molecule has 0 N–H and O–H groups in total. The Kier molecular flexibility index (Phi) is 6.24. The van der Waals surface area contributed by atoms with Crippen molar-refractivity contribution in [2.75, 3.05) is 5.75 Å². The summed E-state index contributed by atoms with van der Waals surface area (Å²) in [6, 6.07) is 26.3. The van der Waals surface area contributed by atoms with Crippen LogP contribution >= 0.6 is 23.1 Å². The third-order valence-electron chi connectivity index (χ3n) is 5.35. The average Bonchev–Trinajstić information content (AvgIpc) is 3.38. The average molecular weight is 471 g/mol. The third kappa shape index (κ3) is 4.55. The van der Waals surface area contributed by atoms with E-state index in [9.17, 15) is 4.79 Å². The van der Waals surface area contributed by atoms with Crippen LogP contribution in [0.25, 0.3) is 22.0 Å². The molecule has 0 saturated heterocycles. The third-order valence-corrected chi connectivity index (χ3v) is 7.19. The molecule has 33 heavy (non-hydrogen) atoms. The Labute approximate surface area is 200 Å². The Morgan fingerprint density at radius 2 is 1.70 bits per heavy atom. The van der Waals surface area contributed by atoms with E-state index in [0.717, 1.165) is 38.2 Å². The number of hydrogen-bond acceptors (Lipinski definition) is 5. The molecule has 0 saturated carbocycles. The molecule has 0 atom stereocenters. The molecule has 2 aromatic heterocycles. The van der Waals surface area contributed by atoms with E-state index < -0.39 is 0 Å². The summed E-state index contributed by atoms with van der Waals surface area (Å²) in [6.45, 7) is 2.44. The lowest BCUT2D eigenvalue weighted by Crippen LogP contribution is -2.17. The zero-order chi connectivity index (χ0) is 22.6. The fourth-order valence-electron chi connectivity index (χ4n) is 3.73. The highest BCUT2D eigenvalue weighted by Crippen LogP contribution is 2.26. The minimum atomic E-state index is 0.00975. The van der Waals surface area contributed by atoms with Gasteiger partial charge in [0.05, 0.1) is 22.4 Å². The molecule has 0 aliphatic rings. The standard InChI is InChI=1S/C26H22N4OS2/c1-19-10-5-6-14-21(19)30-24(18-29-22-15-7-8-16-23(22)33-26(29)31)27-28-25(30)32-17-9-13-20-11-3-2-4-12-20/h2-16H,17-18H2,1H3. The van der Waals surface area contributed by atoms with Gasteiger partial charge in [-0.3, -0.25) is 13.9 Å². The molecule has 7 heteroatoms. The van der Waals surface area contributed by atoms with Crippen molar-refractivity contribution >= 4 is 39.4 Å². The SMILES string of the molecule is Cc1ccccc1-n1c(Cn2c(=O)sc3ccccc32)nnc1SCC=Cc1ccccc1. The van der Waals surface area contributed by atoms with Gasteiger partial charge in [0, 0.05) is 5.75 Å². The zero-order valence-corrected chi connectivity index (χ0v) is 19.7. The number of hydrogen-bond donors (Lipinski definition) is 0. The van der Waals surface area contributed by atoms with Crippen LogP contribution in [0.15, 0.2) is 94.9 Å². The molecular formula is C26H22N4OS2. The number of thioether (sulfide) groups is 1. The highest BCUT2D eigenvalue weighted by Gasteiger charge is 2.18. The number of rotatable bonds is 7. The summed E-state index contributed by atoms with van der Waals surface area (Å²) in [7, 11) is 0. The largest absolute Gasteiger partial charge is 0.308 e. The first-order valence-corrected chi connectivity index (χ1v) is 12.4. The highest BCUT2D eigenvalue weighted by atomic mass is 32.2. The second-order valence-corrected chi connectivity index (χ2v) is 9.55. The number of fused-ring (bicyclic) bond motifs is 1. The van der Waals surface area contributed by atoms with Gasteiger partial charge in [0.2, 0.25) is 0 Å². The second kappa shape index (κ2) is 9.60. The number of thiazole rings is 1. The molecule has 5 nitrogen and oxygen atoms in total. The molecule has 0 aliphatic heterocycles. The summed E-state index contributed by atoms with van der Waals surface area (Å²) in [4.78, 5) is 12.7. The predicted molar refractivity (Wildman–Crippen MR) is 137 cm³/mol. The number of aromatic nitrogens is 4. The monoisotopic (exact) mass is 470 g/mol. The molecule has 0 aliphatic carbocycles. The molecule has 164 valence electrons. The van der Waals surface area contributed by atoms with E-state index in [4.69, 9.17) is 0 Å². The van der Waals surface area contributed by atoms with Crippen molar-refractivity contribution in [2.24, 2.45) is 0 Å². The maximum Gasteiger partial charge on any atom is 0.308 e. The van der Waals surface area contributed by atoms with Gasteiger partial charge < -0.3 is 0 Å². The fraction of sp³-hybridized carbons (Fsp3) is 0.115. The first-order chi connectivity index (χ1) is 16.2. The summed E-state index contributed by atoms with van der Waals surface area (Å²) in [5.74, 6) is 1.50. The van der Waals surface area contributed by atoms with Crippen molar-refractivity contribution in [3.05, 3.63) is 112 Å². The minimum absolute atomic E-state index is 0.00975. The molecule has 3 aromatic carbocycles. The van der Waals surface area contributed by atoms with E-state index >= 15 is 0 Å². The Hall–Kier alpha value is -3.42. The van der Waals surface area contributed by atoms with E-state index in [1.165, 1.54) is 16.9 Å². The molecule has 0 spiro atoms. The number of para-hydroxylation sites is 2. The van der Waals surface area contributed by atoms with E-state index in [0.29, 0.717) is 6.54 Å². The van der Waals surface area contributed by atoms with Crippen LogP contribution in [-0.2, 0) is 6.54 Å². The van der Waals surface area contributed by atoms with E-state index in [-0.39, 0.29) is 4.87 Å². The van der Waals surface area contributed by atoms with Gasteiger partial charge in [-0.1, -0.05) is 95.9 Å². The highest BCUT2D eigenvalue weighted by molar-refractivity contribution is 7.99. The number of aryl methyl sites for hydroxylation is 1. The second-order valence-electron chi connectivity index (χ2n) is 7.57. The molecule has 5 aromatic rings. The van der Waals surface area contributed by atoms with E-state index in [1.54, 1.807) is 16.3 Å². The lowest BCUT2D eigenvalue weighted by atomic mass is 10.2. The van der Waals surface area contributed by atoms with E-state index in [2.05, 4.69) is 58.1 Å². The first kappa shape index (κ1) is 21.4. The van der Waals surface area contributed by atoms with Crippen LogP contribution in [0.5, 0.6) is 0 Å². The lowest BCUT2D eigenvalue weighted by Gasteiger charge is -2.13. The van der Waals surface area contributed by atoms with Crippen LogP contribution < -0.4 is 4.87 Å². The van der Waals surface area contributed by atoms with Gasteiger partial charge in [-0.2, -0.15) is 0 Å².